The molecule has 0 saturated carbocycles. The van der Waals surface area contributed by atoms with E-state index in [9.17, 15) is 44.1 Å². The highest BCUT2D eigenvalue weighted by Crippen LogP contribution is 2.18. The molecule has 0 aliphatic rings. The van der Waals surface area contributed by atoms with E-state index in [1.54, 1.807) is 91.0 Å². The van der Waals surface area contributed by atoms with Gasteiger partial charge in [0.2, 0.25) is 11.8 Å². The molecule has 5 atom stereocenters. The summed E-state index contributed by atoms with van der Waals surface area (Å²) in [6, 6.07) is 20.8. The van der Waals surface area contributed by atoms with Gasteiger partial charge < -0.3 is 36.0 Å². The van der Waals surface area contributed by atoms with Crippen LogP contribution in [0.1, 0.15) is 30.0 Å². The minimum Gasteiger partial charge on any atom is -0.481 e. The quantitative estimate of drug-likeness (QED) is 0.126. The summed E-state index contributed by atoms with van der Waals surface area (Å²) in [5.74, 6) is -9.22. The summed E-state index contributed by atoms with van der Waals surface area (Å²) >= 11 is 0. The van der Waals surface area contributed by atoms with E-state index in [1.165, 1.54) is 6.92 Å². The first-order chi connectivity index (χ1) is 22.4. The van der Waals surface area contributed by atoms with Crippen LogP contribution in [-0.4, -0.2) is 69.3 Å². The minimum atomic E-state index is -1.93. The molecule has 3 aromatic carbocycles. The molecule has 13 heteroatoms. The number of benzene rings is 3. The molecule has 0 aliphatic heterocycles. The van der Waals surface area contributed by atoms with Crippen LogP contribution in [0.5, 0.6) is 0 Å². The fraction of sp³-hybridized carbons (Fsp3) is 0.294. The van der Waals surface area contributed by atoms with Crippen LogP contribution in [0.25, 0.3) is 0 Å². The Labute approximate surface area is 270 Å². The molecular weight excluding hydrogens is 610 g/mol. The number of nitrogens with one attached hydrogen (secondary N) is 3. The van der Waals surface area contributed by atoms with Gasteiger partial charge in [0, 0.05) is 0 Å². The molecule has 13 nitrogen and oxygen atoms in total. The Balaban J connectivity index is 1.80. The van der Waals surface area contributed by atoms with Crippen LogP contribution in [0.3, 0.4) is 0 Å². The van der Waals surface area contributed by atoms with Crippen LogP contribution in [0.2, 0.25) is 0 Å². The van der Waals surface area contributed by atoms with Crippen molar-refractivity contribution in [3.05, 3.63) is 108 Å². The normalized spacial score (nSPS) is 13.9. The lowest BCUT2D eigenvalue weighted by molar-refractivity contribution is -0.152. The topological polar surface area (TPSA) is 208 Å². The summed E-state index contributed by atoms with van der Waals surface area (Å²) in [6.07, 6.45) is -1.66. The number of rotatable bonds is 17. The SMILES string of the molecule is C[C@H](NC(=O)OCc1ccccc1)C(=O)N[C@@H](CC(Cc1ccccc1)C(=O)O)C(=O)N[C@H](C(=O)O)C(Cc1ccccc1)C(=O)O. The molecule has 248 valence electrons. The highest BCUT2D eigenvalue weighted by Gasteiger charge is 2.38. The zero-order valence-corrected chi connectivity index (χ0v) is 25.6. The van der Waals surface area contributed by atoms with E-state index in [4.69, 9.17) is 4.74 Å². The first-order valence-corrected chi connectivity index (χ1v) is 14.8. The number of hydrogen-bond donors (Lipinski definition) is 6. The fourth-order valence-corrected chi connectivity index (χ4v) is 4.79. The molecule has 3 rings (SSSR count). The van der Waals surface area contributed by atoms with Crippen LogP contribution >= 0.6 is 0 Å². The molecule has 0 bridgehead atoms. The van der Waals surface area contributed by atoms with Gasteiger partial charge in [-0.1, -0.05) is 91.0 Å². The Hall–Kier alpha value is -5.72. The smallest absolute Gasteiger partial charge is 0.408 e. The molecule has 0 fully saturated rings. The molecule has 0 aliphatic carbocycles. The first kappa shape index (κ1) is 35.8. The van der Waals surface area contributed by atoms with Crippen molar-refractivity contribution in [1.82, 2.24) is 16.0 Å². The summed E-state index contributed by atoms with van der Waals surface area (Å²) in [5.41, 5.74) is 1.85. The molecule has 2 unspecified atom stereocenters. The second kappa shape index (κ2) is 17.7. The number of ether oxygens (including phenoxy) is 1. The molecule has 6 N–H and O–H groups in total. The van der Waals surface area contributed by atoms with Crippen molar-refractivity contribution in [1.29, 1.82) is 0 Å². The van der Waals surface area contributed by atoms with Crippen LogP contribution < -0.4 is 16.0 Å². The summed E-state index contributed by atoms with van der Waals surface area (Å²) in [6.45, 7) is 1.24. The van der Waals surface area contributed by atoms with E-state index in [0.29, 0.717) is 16.7 Å². The van der Waals surface area contributed by atoms with Crippen molar-refractivity contribution in [3.63, 3.8) is 0 Å². The average Bonchev–Trinajstić information content (AvgIpc) is 3.05. The summed E-state index contributed by atoms with van der Waals surface area (Å²) < 4.78 is 5.13. The number of carbonyl (C=O) groups excluding carboxylic acids is 3. The van der Waals surface area contributed by atoms with Gasteiger partial charge in [0.1, 0.15) is 24.7 Å². The summed E-state index contributed by atoms with van der Waals surface area (Å²) in [5, 5.41) is 36.8. The van der Waals surface area contributed by atoms with Crippen LogP contribution in [0, 0.1) is 11.8 Å². The molecule has 0 spiro atoms. The minimum absolute atomic E-state index is 0.0242. The fourth-order valence-electron chi connectivity index (χ4n) is 4.79. The zero-order valence-electron chi connectivity index (χ0n) is 25.6. The molecule has 0 aromatic heterocycles. The van der Waals surface area contributed by atoms with Crippen molar-refractivity contribution in [2.45, 2.75) is 50.9 Å². The predicted molar refractivity (Wildman–Crippen MR) is 168 cm³/mol. The lowest BCUT2D eigenvalue weighted by Crippen LogP contribution is -2.58. The Bertz CT molecular complexity index is 1520. The average molecular weight is 648 g/mol. The van der Waals surface area contributed by atoms with E-state index >= 15 is 0 Å². The second-order valence-corrected chi connectivity index (χ2v) is 10.9. The summed E-state index contributed by atoms with van der Waals surface area (Å²) in [7, 11) is 0. The van der Waals surface area contributed by atoms with Crippen molar-refractivity contribution in [2.24, 2.45) is 11.8 Å². The van der Waals surface area contributed by atoms with E-state index in [0.717, 1.165) is 0 Å². The van der Waals surface area contributed by atoms with Gasteiger partial charge in [-0.3, -0.25) is 19.2 Å². The highest BCUT2D eigenvalue weighted by atomic mass is 16.5. The lowest BCUT2D eigenvalue weighted by Gasteiger charge is -2.27. The van der Waals surface area contributed by atoms with E-state index in [-0.39, 0.29) is 19.4 Å². The van der Waals surface area contributed by atoms with Crippen LogP contribution in [-0.2, 0) is 48.2 Å². The lowest BCUT2D eigenvalue weighted by atomic mass is 9.90. The number of alkyl carbamates (subject to hydrolysis) is 1. The van der Waals surface area contributed by atoms with Crippen molar-refractivity contribution in [2.75, 3.05) is 0 Å². The van der Waals surface area contributed by atoms with Crippen molar-refractivity contribution >= 4 is 35.8 Å². The number of carboxylic acid groups (broad SMARTS) is 3. The van der Waals surface area contributed by atoms with Crippen molar-refractivity contribution < 1.29 is 48.8 Å². The van der Waals surface area contributed by atoms with E-state index in [2.05, 4.69) is 16.0 Å². The molecule has 0 saturated heterocycles. The number of aliphatic carboxylic acids is 3. The van der Waals surface area contributed by atoms with Gasteiger partial charge in [0.05, 0.1) is 11.8 Å². The molecule has 3 aromatic rings. The Kier molecular flexibility index (Phi) is 13.5. The Morgan fingerprint density at radius 1 is 0.617 bits per heavy atom. The third-order valence-electron chi connectivity index (χ3n) is 7.35. The maximum absolute atomic E-state index is 13.6. The Morgan fingerprint density at radius 2 is 1.13 bits per heavy atom. The van der Waals surface area contributed by atoms with Gasteiger partial charge in [0.15, 0.2) is 0 Å². The monoisotopic (exact) mass is 647 g/mol. The third kappa shape index (κ3) is 11.6. The zero-order chi connectivity index (χ0) is 34.3. The standard InChI is InChI=1S/C34H37N3O10/c1-21(35-34(46)47-20-24-15-9-4-10-16-24)29(38)36-27(19-25(31(40)41)17-22-11-5-2-6-12-22)30(39)37-28(33(44)45)26(32(42)43)18-23-13-7-3-8-14-23/h2-16,21,25-28H,17-20H2,1H3,(H,35,46)(H,36,38)(H,37,39)(H,40,41)(H,42,43)(H,44,45)/t21-,25?,26?,27-,28-/m0/s1. The number of carbonyl (C=O) groups is 6. The van der Waals surface area contributed by atoms with E-state index < -0.39 is 72.2 Å². The Morgan fingerprint density at radius 3 is 1.62 bits per heavy atom. The summed E-state index contributed by atoms with van der Waals surface area (Å²) in [4.78, 5) is 75.8. The van der Waals surface area contributed by atoms with Gasteiger partial charge in [-0.05, 0) is 42.9 Å². The maximum Gasteiger partial charge on any atom is 0.408 e. The number of carboxylic acids is 3. The molecule has 0 radical (unpaired) electrons. The third-order valence-corrected chi connectivity index (χ3v) is 7.35. The highest BCUT2D eigenvalue weighted by molar-refractivity contribution is 5.94. The van der Waals surface area contributed by atoms with Crippen LogP contribution in [0.15, 0.2) is 91.0 Å². The van der Waals surface area contributed by atoms with Gasteiger partial charge in [-0.15, -0.1) is 0 Å². The first-order valence-electron chi connectivity index (χ1n) is 14.8. The molecule has 0 heterocycles. The van der Waals surface area contributed by atoms with E-state index in [1.807, 2.05) is 0 Å². The predicted octanol–water partition coefficient (Wildman–Crippen LogP) is 2.63. The second-order valence-electron chi connectivity index (χ2n) is 10.9. The number of amides is 3. The number of hydrogen-bond acceptors (Lipinski definition) is 7. The van der Waals surface area contributed by atoms with Gasteiger partial charge in [-0.2, -0.15) is 0 Å². The van der Waals surface area contributed by atoms with Crippen LogP contribution in [0.4, 0.5) is 4.79 Å². The van der Waals surface area contributed by atoms with Gasteiger partial charge in [0.25, 0.3) is 0 Å². The maximum atomic E-state index is 13.6. The van der Waals surface area contributed by atoms with Gasteiger partial charge >= 0.3 is 24.0 Å². The van der Waals surface area contributed by atoms with Gasteiger partial charge in [-0.25, -0.2) is 9.59 Å². The van der Waals surface area contributed by atoms with Crippen molar-refractivity contribution in [3.8, 4) is 0 Å². The largest absolute Gasteiger partial charge is 0.481 e. The molecular formula is C34H37N3O10. The molecule has 3 amide bonds. The molecule has 47 heavy (non-hydrogen) atoms.